The molecule has 2 aliphatic carbocycles. The van der Waals surface area contributed by atoms with Gasteiger partial charge in [-0.1, -0.05) is 25.0 Å². The van der Waals surface area contributed by atoms with Gasteiger partial charge in [0.2, 0.25) is 0 Å². The van der Waals surface area contributed by atoms with Crippen LogP contribution < -0.4 is 5.32 Å². The Balaban J connectivity index is 1.56. The van der Waals surface area contributed by atoms with Crippen molar-refractivity contribution in [1.29, 1.82) is 0 Å². The highest BCUT2D eigenvalue weighted by Crippen LogP contribution is 2.43. The summed E-state index contributed by atoms with van der Waals surface area (Å²) in [4.78, 5) is 15.0. The molecule has 1 saturated carbocycles. The van der Waals surface area contributed by atoms with E-state index in [4.69, 9.17) is 0 Å². The molecule has 3 atom stereocenters. The van der Waals surface area contributed by atoms with Crippen LogP contribution in [0, 0.1) is 0 Å². The van der Waals surface area contributed by atoms with E-state index in [0.29, 0.717) is 17.4 Å². The van der Waals surface area contributed by atoms with E-state index in [1.165, 1.54) is 70.9 Å². The molecule has 1 N–H and O–H groups in total. The van der Waals surface area contributed by atoms with Gasteiger partial charge in [-0.3, -0.25) is 9.69 Å². The minimum atomic E-state index is 0.190. The van der Waals surface area contributed by atoms with E-state index in [1.54, 1.807) is 0 Å². The molecule has 4 rings (SSSR count). The first-order valence-corrected chi connectivity index (χ1v) is 9.92. The van der Waals surface area contributed by atoms with Crippen LogP contribution in [0.3, 0.4) is 0 Å². The van der Waals surface area contributed by atoms with Crippen LogP contribution >= 0.6 is 0 Å². The lowest BCUT2D eigenvalue weighted by molar-refractivity contribution is -0.127. The van der Waals surface area contributed by atoms with Gasteiger partial charge in [0.05, 0.1) is 0 Å². The van der Waals surface area contributed by atoms with Crippen LogP contribution in [0.4, 0.5) is 0 Å². The smallest absolute Gasteiger partial charge is 0.134 e. The summed E-state index contributed by atoms with van der Waals surface area (Å²) in [6.07, 6.45) is 19.2. The quantitative estimate of drug-likeness (QED) is 0.750. The molecular formula is C20H32N2O. The van der Waals surface area contributed by atoms with Gasteiger partial charge in [0.15, 0.2) is 0 Å². The summed E-state index contributed by atoms with van der Waals surface area (Å²) in [5, 5.41) is 3.86. The summed E-state index contributed by atoms with van der Waals surface area (Å²) in [6.45, 7) is 2.38. The third-order valence-corrected chi connectivity index (χ3v) is 6.97. The van der Waals surface area contributed by atoms with E-state index in [9.17, 15) is 4.79 Å². The molecule has 2 spiro atoms. The third-order valence-electron chi connectivity index (χ3n) is 6.97. The van der Waals surface area contributed by atoms with Gasteiger partial charge in [-0.15, -0.1) is 0 Å². The van der Waals surface area contributed by atoms with Crippen molar-refractivity contribution in [3.63, 3.8) is 0 Å². The molecule has 0 amide bonds. The number of rotatable bonds is 1. The summed E-state index contributed by atoms with van der Waals surface area (Å²) in [5.41, 5.74) is 0.533. The molecule has 2 saturated heterocycles. The predicted molar refractivity (Wildman–Crippen MR) is 93.5 cm³/mol. The normalized spacial score (nSPS) is 42.4. The van der Waals surface area contributed by atoms with Crippen molar-refractivity contribution in [1.82, 2.24) is 10.2 Å². The number of carbonyl (C=O) groups is 1. The number of carbonyl (C=O) groups excluding carboxylic acids is 1. The van der Waals surface area contributed by atoms with E-state index in [-0.39, 0.29) is 5.54 Å². The van der Waals surface area contributed by atoms with Gasteiger partial charge in [0, 0.05) is 30.0 Å². The minimum absolute atomic E-state index is 0.190. The first-order valence-electron chi connectivity index (χ1n) is 9.92. The fourth-order valence-corrected chi connectivity index (χ4v) is 5.85. The molecule has 128 valence electrons. The number of likely N-dealkylation sites (tertiary alicyclic amines) is 1. The van der Waals surface area contributed by atoms with Crippen molar-refractivity contribution in [2.45, 2.75) is 94.2 Å². The van der Waals surface area contributed by atoms with Crippen molar-refractivity contribution >= 4 is 5.78 Å². The lowest BCUT2D eigenvalue weighted by Gasteiger charge is -2.54. The molecule has 2 heterocycles. The maximum absolute atomic E-state index is 12.2. The maximum atomic E-state index is 12.2. The second-order valence-corrected chi connectivity index (χ2v) is 8.51. The van der Waals surface area contributed by atoms with Crippen molar-refractivity contribution < 1.29 is 4.79 Å². The monoisotopic (exact) mass is 316 g/mol. The van der Waals surface area contributed by atoms with Crippen LogP contribution in [0.15, 0.2) is 12.2 Å². The summed E-state index contributed by atoms with van der Waals surface area (Å²) in [7, 11) is 0. The van der Waals surface area contributed by atoms with Crippen molar-refractivity contribution in [2.24, 2.45) is 0 Å². The SMILES string of the molecule is O=C1CCCC2(CCCCN2C2C=CCC3(CCCCN3)C2)C1. The standard InChI is InChI=1S/C20H32N2O/c23-18-8-6-12-20(16-18)11-2-4-14-22(20)17-7-5-10-19(15-17)9-1-3-13-21-19/h5,7,17,21H,1-4,6,8-16H2. The predicted octanol–water partition coefficient (Wildman–Crippen LogP) is 3.59. The molecule has 0 aromatic carbocycles. The molecule has 0 aromatic rings. The van der Waals surface area contributed by atoms with E-state index < -0.39 is 0 Å². The van der Waals surface area contributed by atoms with E-state index in [1.807, 2.05) is 0 Å². The van der Waals surface area contributed by atoms with Crippen LogP contribution in [0.25, 0.3) is 0 Å². The topological polar surface area (TPSA) is 32.3 Å². The second-order valence-electron chi connectivity index (χ2n) is 8.51. The van der Waals surface area contributed by atoms with Gasteiger partial charge >= 0.3 is 0 Å². The van der Waals surface area contributed by atoms with E-state index in [2.05, 4.69) is 22.4 Å². The lowest BCUT2D eigenvalue weighted by Crippen LogP contribution is -2.61. The number of piperidine rings is 2. The van der Waals surface area contributed by atoms with Crippen LogP contribution in [0.1, 0.15) is 77.0 Å². The van der Waals surface area contributed by atoms with Gasteiger partial charge < -0.3 is 5.32 Å². The number of ketones is 1. The zero-order chi connectivity index (χ0) is 15.8. The lowest BCUT2D eigenvalue weighted by atomic mass is 9.71. The molecule has 3 unspecified atom stereocenters. The Morgan fingerprint density at radius 2 is 1.96 bits per heavy atom. The number of hydrogen-bond donors (Lipinski definition) is 1. The van der Waals surface area contributed by atoms with Gasteiger partial charge in [0.25, 0.3) is 0 Å². The highest BCUT2D eigenvalue weighted by molar-refractivity contribution is 5.80. The fourth-order valence-electron chi connectivity index (χ4n) is 5.85. The number of hydrogen-bond acceptors (Lipinski definition) is 3. The van der Waals surface area contributed by atoms with Gasteiger partial charge in [-0.2, -0.15) is 0 Å². The molecule has 3 nitrogen and oxygen atoms in total. The fraction of sp³-hybridized carbons (Fsp3) is 0.850. The molecule has 0 bridgehead atoms. The summed E-state index contributed by atoms with van der Waals surface area (Å²) in [6, 6.07) is 0.542. The Labute approximate surface area is 140 Å². The van der Waals surface area contributed by atoms with Crippen LogP contribution in [0.2, 0.25) is 0 Å². The Morgan fingerprint density at radius 1 is 1.09 bits per heavy atom. The Kier molecular flexibility index (Phi) is 4.36. The minimum Gasteiger partial charge on any atom is -0.311 e. The van der Waals surface area contributed by atoms with Gasteiger partial charge in [-0.25, -0.2) is 0 Å². The molecule has 3 fully saturated rings. The first kappa shape index (κ1) is 15.8. The van der Waals surface area contributed by atoms with E-state index in [0.717, 1.165) is 19.3 Å². The Bertz CT molecular complexity index is 476. The molecule has 0 aromatic heterocycles. The maximum Gasteiger partial charge on any atom is 0.134 e. The van der Waals surface area contributed by atoms with Gasteiger partial charge in [-0.05, 0) is 64.5 Å². The Morgan fingerprint density at radius 3 is 2.78 bits per heavy atom. The van der Waals surface area contributed by atoms with Crippen LogP contribution in [0.5, 0.6) is 0 Å². The largest absolute Gasteiger partial charge is 0.311 e. The number of nitrogens with zero attached hydrogens (tertiary/aromatic N) is 1. The zero-order valence-corrected chi connectivity index (χ0v) is 14.5. The third kappa shape index (κ3) is 3.02. The second kappa shape index (κ2) is 6.33. The summed E-state index contributed by atoms with van der Waals surface area (Å²) in [5.74, 6) is 0.508. The molecule has 2 aliphatic heterocycles. The Hall–Kier alpha value is -0.670. The van der Waals surface area contributed by atoms with Crippen molar-refractivity contribution in [3.05, 3.63) is 12.2 Å². The first-order chi connectivity index (χ1) is 11.2. The molecule has 23 heavy (non-hydrogen) atoms. The van der Waals surface area contributed by atoms with Crippen molar-refractivity contribution in [3.8, 4) is 0 Å². The summed E-state index contributed by atoms with van der Waals surface area (Å²) >= 11 is 0. The van der Waals surface area contributed by atoms with E-state index >= 15 is 0 Å². The zero-order valence-electron chi connectivity index (χ0n) is 14.5. The highest BCUT2D eigenvalue weighted by Gasteiger charge is 2.47. The molecule has 3 heteroatoms. The summed E-state index contributed by atoms with van der Waals surface area (Å²) < 4.78 is 0. The van der Waals surface area contributed by atoms with Crippen LogP contribution in [-0.4, -0.2) is 40.9 Å². The van der Waals surface area contributed by atoms with Crippen molar-refractivity contribution in [2.75, 3.05) is 13.1 Å². The number of Topliss-reactive ketones (excluding diaryl/α,β-unsaturated/α-hetero) is 1. The molecular weight excluding hydrogens is 284 g/mol. The molecule has 4 aliphatic rings. The molecule has 0 radical (unpaired) electrons. The number of nitrogens with one attached hydrogen (secondary N) is 1. The van der Waals surface area contributed by atoms with Gasteiger partial charge in [0.1, 0.15) is 5.78 Å². The van der Waals surface area contributed by atoms with Crippen LogP contribution in [-0.2, 0) is 4.79 Å². The average Bonchev–Trinajstić information content (AvgIpc) is 2.56. The highest BCUT2D eigenvalue weighted by atomic mass is 16.1. The average molecular weight is 316 g/mol.